The van der Waals surface area contributed by atoms with E-state index in [-0.39, 0.29) is 55.6 Å². The number of anilines is 8. The Hall–Kier alpha value is -6.78. The smallest absolute Gasteiger partial charge is 0.252 e. The molecule has 0 spiro atoms. The number of fused-ring (bicyclic) bond motifs is 9. The minimum absolute atomic E-state index is 0.00206. The first-order valence-electron chi connectivity index (χ1n) is 33.2. The van der Waals surface area contributed by atoms with Crippen molar-refractivity contribution in [3.63, 3.8) is 0 Å². The number of benzene rings is 8. The second-order valence-corrected chi connectivity index (χ2v) is 34.1. The lowest BCUT2D eigenvalue weighted by molar-refractivity contribution is 0.195. The van der Waals surface area contributed by atoms with Crippen LogP contribution in [0.25, 0.3) is 22.3 Å². The van der Waals surface area contributed by atoms with Gasteiger partial charge in [-0.3, -0.25) is 0 Å². The van der Waals surface area contributed by atoms with Crippen LogP contribution in [0.4, 0.5) is 45.5 Å². The van der Waals surface area contributed by atoms with E-state index >= 15 is 0 Å². The van der Waals surface area contributed by atoms with Crippen LogP contribution >= 0.6 is 0 Å². The molecule has 14 rings (SSSR count). The maximum absolute atomic E-state index is 2.88. The molecule has 0 radical (unpaired) electrons. The topological polar surface area (TPSA) is 9.72 Å². The third kappa shape index (κ3) is 8.61. The Kier molecular flexibility index (Phi) is 12.4. The lowest BCUT2D eigenvalue weighted by atomic mass is 9.33. The van der Waals surface area contributed by atoms with Crippen molar-refractivity contribution in [2.24, 2.45) is 0 Å². The molecule has 0 aromatic heterocycles. The molecule has 0 saturated heterocycles. The van der Waals surface area contributed by atoms with Crippen LogP contribution in [0.3, 0.4) is 0 Å². The molecule has 6 aliphatic rings. The zero-order chi connectivity index (χ0) is 61.9. The molecule has 1 fully saturated rings. The van der Waals surface area contributed by atoms with Crippen molar-refractivity contribution in [1.82, 2.24) is 0 Å². The fourth-order valence-electron chi connectivity index (χ4n) is 18.4. The zero-order valence-electron chi connectivity index (χ0n) is 56.5. The van der Waals surface area contributed by atoms with Gasteiger partial charge in [0.05, 0.1) is 11.2 Å². The molecule has 3 aliphatic heterocycles. The van der Waals surface area contributed by atoms with Gasteiger partial charge in [0.15, 0.2) is 0 Å². The van der Waals surface area contributed by atoms with Gasteiger partial charge in [-0.1, -0.05) is 228 Å². The van der Waals surface area contributed by atoms with E-state index in [2.05, 4.69) is 299 Å². The molecule has 8 aromatic rings. The maximum atomic E-state index is 2.88. The third-order valence-corrected chi connectivity index (χ3v) is 23.0. The van der Waals surface area contributed by atoms with Crippen molar-refractivity contribution in [2.75, 3.05) is 14.7 Å². The van der Waals surface area contributed by atoms with Gasteiger partial charge in [-0.25, -0.2) is 0 Å². The average molecular weight is 1150 g/mol. The average Bonchev–Trinajstić information content (AvgIpc) is 1.68. The maximum Gasteiger partial charge on any atom is 0.252 e. The van der Waals surface area contributed by atoms with Gasteiger partial charge in [-0.2, -0.15) is 0 Å². The van der Waals surface area contributed by atoms with Crippen molar-refractivity contribution >= 4 is 68.6 Å². The van der Waals surface area contributed by atoms with Crippen LogP contribution in [0, 0.1) is 6.92 Å². The van der Waals surface area contributed by atoms with E-state index in [4.69, 9.17) is 0 Å². The second kappa shape index (κ2) is 18.7. The number of rotatable bonds is 5. The molecule has 0 N–H and O–H groups in total. The van der Waals surface area contributed by atoms with E-state index in [1.165, 1.54) is 147 Å². The second-order valence-electron chi connectivity index (χ2n) is 34.1. The van der Waals surface area contributed by atoms with E-state index in [0.717, 1.165) is 25.7 Å². The summed E-state index contributed by atoms with van der Waals surface area (Å²) in [6.07, 6.45) is 6.89. The molecule has 8 aromatic carbocycles. The fraction of sp³-hybridized carbons (Fsp3) is 0.422. The number of hydrogen-bond acceptors (Lipinski definition) is 3. The summed E-state index contributed by atoms with van der Waals surface area (Å²) in [7, 11) is 0. The lowest BCUT2D eigenvalue weighted by Crippen LogP contribution is -2.62. The molecule has 2 atom stereocenters. The van der Waals surface area contributed by atoms with Crippen molar-refractivity contribution in [1.29, 1.82) is 0 Å². The molecule has 3 heterocycles. The molecule has 87 heavy (non-hydrogen) atoms. The van der Waals surface area contributed by atoms with Crippen molar-refractivity contribution in [3.8, 4) is 22.3 Å². The quantitative estimate of drug-likeness (QED) is 0.159. The summed E-state index contributed by atoms with van der Waals surface area (Å²) in [4.78, 5) is 8.44. The van der Waals surface area contributed by atoms with Crippen molar-refractivity contribution in [2.45, 2.75) is 226 Å². The zero-order valence-corrected chi connectivity index (χ0v) is 56.5. The number of hydrogen-bond donors (Lipinski definition) is 0. The minimum atomic E-state index is -0.212. The van der Waals surface area contributed by atoms with Gasteiger partial charge in [0, 0.05) is 50.8 Å². The van der Waals surface area contributed by atoms with Crippen LogP contribution in [0.2, 0.25) is 0 Å². The van der Waals surface area contributed by atoms with E-state index in [0.29, 0.717) is 0 Å². The van der Waals surface area contributed by atoms with Gasteiger partial charge in [-0.05, 0) is 215 Å². The first kappa shape index (κ1) is 57.9. The van der Waals surface area contributed by atoms with Crippen LogP contribution < -0.4 is 31.1 Å². The standard InChI is InChI=1S/C83H96BN3/c1-51-40-60-62(80(15,16)49-78(60,11)12)47-69(51)86-70-43-57(77(8,9)10)33-35-65(70)84-66-46-61-63(81(17,18)50-79(61,13)14)48-71(66)85(67-37-34-56(76(5,6)7)42-59(67)53-26-22-21-23-27-53)72-44-58(45-73(86)74(72)84)87-68-36-30-54(52-28-31-55(32-29-52)75(2,3)4)41-64(68)82(19)38-24-25-39-83(82,87)20/h21-23,26-37,40-48H,24-25,38-39,49-50H2,1-20H3. The Morgan fingerprint density at radius 1 is 0.379 bits per heavy atom. The Balaban J connectivity index is 1.13. The van der Waals surface area contributed by atoms with Crippen LogP contribution in [0.5, 0.6) is 0 Å². The summed E-state index contributed by atoms with van der Waals surface area (Å²) >= 11 is 0. The Bertz CT molecular complexity index is 4170. The van der Waals surface area contributed by atoms with Crippen LogP contribution in [-0.4, -0.2) is 12.3 Å². The predicted molar refractivity (Wildman–Crippen MR) is 376 cm³/mol. The first-order chi connectivity index (χ1) is 40.6. The normalized spacial score (nSPS) is 21.7. The van der Waals surface area contributed by atoms with E-state index < -0.39 is 0 Å². The third-order valence-electron chi connectivity index (χ3n) is 23.0. The van der Waals surface area contributed by atoms with Gasteiger partial charge in [-0.15, -0.1) is 0 Å². The molecular weight excluding hydrogens is 1050 g/mol. The summed E-state index contributed by atoms with van der Waals surface area (Å²) in [5.74, 6) is 0. The molecule has 3 aliphatic carbocycles. The minimum Gasteiger partial charge on any atom is -0.334 e. The Morgan fingerprint density at radius 3 is 1.48 bits per heavy atom. The monoisotopic (exact) mass is 1150 g/mol. The summed E-state index contributed by atoms with van der Waals surface area (Å²) in [5, 5.41) is 0. The molecule has 4 heteroatoms. The Morgan fingerprint density at radius 2 is 0.874 bits per heavy atom. The molecule has 0 amide bonds. The summed E-state index contributed by atoms with van der Waals surface area (Å²) < 4.78 is 0. The van der Waals surface area contributed by atoms with Crippen molar-refractivity contribution < 1.29 is 0 Å². The summed E-state index contributed by atoms with van der Waals surface area (Å²) in [6, 6.07) is 59.4. The van der Waals surface area contributed by atoms with Gasteiger partial charge in [0.2, 0.25) is 0 Å². The van der Waals surface area contributed by atoms with Gasteiger partial charge in [0.25, 0.3) is 6.71 Å². The molecule has 2 unspecified atom stereocenters. The highest BCUT2D eigenvalue weighted by atomic mass is 15.3. The largest absolute Gasteiger partial charge is 0.334 e. The molecule has 3 nitrogen and oxygen atoms in total. The fourth-order valence-corrected chi connectivity index (χ4v) is 18.4. The molecule has 0 bridgehead atoms. The molecular formula is C83H96BN3. The van der Waals surface area contributed by atoms with E-state index in [1.807, 2.05) is 0 Å². The first-order valence-corrected chi connectivity index (χ1v) is 33.2. The highest BCUT2D eigenvalue weighted by molar-refractivity contribution is 7.00. The summed E-state index contributed by atoms with van der Waals surface area (Å²) in [6.45, 7) is 48.8. The van der Waals surface area contributed by atoms with Crippen LogP contribution in [-0.2, 0) is 43.3 Å². The van der Waals surface area contributed by atoms with Gasteiger partial charge >= 0.3 is 0 Å². The predicted octanol–water partition coefficient (Wildman–Crippen LogP) is 21.0. The van der Waals surface area contributed by atoms with E-state index in [1.54, 1.807) is 0 Å². The summed E-state index contributed by atoms with van der Waals surface area (Å²) in [5.41, 5.74) is 32.1. The lowest BCUT2D eigenvalue weighted by Gasteiger charge is -2.51. The van der Waals surface area contributed by atoms with Gasteiger partial charge in [0.1, 0.15) is 0 Å². The van der Waals surface area contributed by atoms with Gasteiger partial charge < -0.3 is 14.7 Å². The highest BCUT2D eigenvalue weighted by Gasteiger charge is 2.59. The van der Waals surface area contributed by atoms with E-state index in [9.17, 15) is 0 Å². The molecule has 1 saturated carbocycles. The number of nitrogens with zero attached hydrogens (tertiary/aromatic N) is 3. The SMILES string of the molecule is Cc1cc2c(cc1N1c3cc(C(C)(C)C)ccc3B3c4cc5c(cc4N(c4ccc(C(C)(C)C)cc4-c4ccccc4)c4cc(N6c7ccc(-c8ccc(C(C)(C)C)cc8)cc7C7(C)CCCCC67C)cc1c43)C(C)(C)CC5(C)C)C(C)(C)CC2(C)C. The van der Waals surface area contributed by atoms with Crippen LogP contribution in [0.1, 0.15) is 220 Å². The highest BCUT2D eigenvalue weighted by Crippen LogP contribution is 2.63. The molecule has 446 valence electrons. The van der Waals surface area contributed by atoms with Crippen LogP contribution in [0.15, 0.2) is 146 Å². The van der Waals surface area contributed by atoms with Crippen molar-refractivity contribution in [3.05, 3.63) is 196 Å². The Labute approximate surface area is 524 Å². The number of aryl methyl sites for hydroxylation is 1.